The zero-order valence-corrected chi connectivity index (χ0v) is 16.4. The average Bonchev–Trinajstić information content (AvgIpc) is 3.17. The molecule has 0 bridgehead atoms. The Morgan fingerprint density at radius 3 is 2.45 bits per heavy atom. The summed E-state index contributed by atoms with van der Waals surface area (Å²) in [5, 5.41) is 2.21. The van der Waals surface area contributed by atoms with E-state index in [4.69, 9.17) is 5.73 Å². The molecule has 0 fully saturated rings. The number of hydrogen-bond donors (Lipinski definition) is 2. The Hall–Kier alpha value is -3.60. The number of amides is 3. The van der Waals surface area contributed by atoms with Crippen molar-refractivity contribution in [1.29, 1.82) is 0 Å². The van der Waals surface area contributed by atoms with E-state index >= 15 is 0 Å². The summed E-state index contributed by atoms with van der Waals surface area (Å²) in [6.07, 6.45) is -4.66. The molecule has 158 valence electrons. The van der Waals surface area contributed by atoms with Gasteiger partial charge in [-0.15, -0.1) is 0 Å². The molecule has 2 aromatic rings. The molecule has 3 amide bonds. The van der Waals surface area contributed by atoms with Crippen molar-refractivity contribution in [2.24, 2.45) is 10.7 Å². The van der Waals surface area contributed by atoms with E-state index in [0.29, 0.717) is 11.3 Å². The van der Waals surface area contributed by atoms with Gasteiger partial charge in [-0.3, -0.25) is 19.3 Å². The Morgan fingerprint density at radius 1 is 1.10 bits per heavy atom. The number of thioether (sulfide) groups is 1. The van der Waals surface area contributed by atoms with Crippen molar-refractivity contribution in [3.63, 3.8) is 0 Å². The number of amidine groups is 1. The zero-order chi connectivity index (χ0) is 22.3. The van der Waals surface area contributed by atoms with E-state index in [1.54, 1.807) is 24.3 Å². The number of carbonyl (C=O) groups excluding carboxylic acids is 3. The van der Waals surface area contributed by atoms with E-state index < -0.39 is 41.7 Å². The van der Waals surface area contributed by atoms with Crippen molar-refractivity contribution < 1.29 is 27.6 Å². The van der Waals surface area contributed by atoms with Crippen LogP contribution in [0.3, 0.4) is 0 Å². The average molecular weight is 446 g/mol. The molecule has 0 aromatic heterocycles. The Kier molecular flexibility index (Phi) is 5.05. The zero-order valence-electron chi connectivity index (χ0n) is 15.6. The number of benzene rings is 2. The van der Waals surface area contributed by atoms with Crippen LogP contribution in [0.5, 0.6) is 0 Å². The third-order valence-electron chi connectivity index (χ3n) is 4.57. The molecule has 2 aliphatic heterocycles. The molecule has 0 radical (unpaired) electrons. The van der Waals surface area contributed by atoms with Crippen LogP contribution in [0, 0.1) is 0 Å². The lowest BCUT2D eigenvalue weighted by molar-refractivity contribution is -0.137. The smallest absolute Gasteiger partial charge is 0.378 e. The summed E-state index contributed by atoms with van der Waals surface area (Å²) in [7, 11) is 0. The second-order valence-corrected chi connectivity index (χ2v) is 7.59. The van der Waals surface area contributed by atoms with Gasteiger partial charge in [-0.1, -0.05) is 30.3 Å². The summed E-state index contributed by atoms with van der Waals surface area (Å²) in [5.74, 6) is -2.13. The largest absolute Gasteiger partial charge is 0.418 e. The maximum absolute atomic E-state index is 13.2. The fraction of sp³-hybridized carbons (Fsp3) is 0.100. The maximum atomic E-state index is 13.2. The van der Waals surface area contributed by atoms with Gasteiger partial charge in [0.2, 0.25) is 5.91 Å². The van der Waals surface area contributed by atoms with E-state index in [1.165, 1.54) is 12.1 Å². The molecule has 0 aliphatic carbocycles. The lowest BCUT2D eigenvalue weighted by atomic mass is 10.1. The summed E-state index contributed by atoms with van der Waals surface area (Å²) in [6, 6.07) is 11.0. The number of anilines is 2. The highest BCUT2D eigenvalue weighted by Gasteiger charge is 2.39. The number of para-hydroxylation sites is 2. The molecule has 2 heterocycles. The molecule has 7 nitrogen and oxygen atoms in total. The number of halogens is 3. The van der Waals surface area contributed by atoms with Crippen LogP contribution < -0.4 is 16.0 Å². The molecule has 11 heteroatoms. The first-order chi connectivity index (χ1) is 14.7. The minimum absolute atomic E-state index is 0.00210. The highest BCUT2D eigenvalue weighted by atomic mass is 32.2. The van der Waals surface area contributed by atoms with E-state index in [9.17, 15) is 27.6 Å². The van der Waals surface area contributed by atoms with Gasteiger partial charge in [0.25, 0.3) is 11.8 Å². The van der Waals surface area contributed by atoms with Crippen LogP contribution in [0.15, 0.2) is 58.4 Å². The molecule has 0 atom stereocenters. The fourth-order valence-corrected chi connectivity index (χ4v) is 4.08. The molecule has 0 saturated carbocycles. The first kappa shape index (κ1) is 20.7. The van der Waals surface area contributed by atoms with Crippen molar-refractivity contribution in [2.75, 3.05) is 16.8 Å². The van der Waals surface area contributed by atoms with Crippen LogP contribution in [-0.4, -0.2) is 29.4 Å². The van der Waals surface area contributed by atoms with E-state index in [0.717, 1.165) is 28.8 Å². The number of hydrogen-bond acceptors (Lipinski definition) is 5. The Bertz CT molecular complexity index is 1190. The monoisotopic (exact) mass is 446 g/mol. The van der Waals surface area contributed by atoms with Crippen molar-refractivity contribution in [3.05, 3.63) is 64.6 Å². The van der Waals surface area contributed by atoms with Crippen molar-refractivity contribution in [1.82, 2.24) is 0 Å². The molecule has 0 spiro atoms. The Labute approximate surface area is 177 Å². The van der Waals surface area contributed by atoms with Gasteiger partial charge in [-0.25, -0.2) is 0 Å². The van der Waals surface area contributed by atoms with E-state index in [2.05, 4.69) is 10.3 Å². The second-order valence-electron chi connectivity index (χ2n) is 6.56. The molecule has 0 unspecified atom stereocenters. The molecule has 3 N–H and O–H groups in total. The van der Waals surface area contributed by atoms with Crippen LogP contribution >= 0.6 is 11.8 Å². The van der Waals surface area contributed by atoms with Crippen LogP contribution in [0.2, 0.25) is 0 Å². The second kappa shape index (κ2) is 7.58. The normalized spacial score (nSPS) is 18.3. The standard InChI is InChI=1S/C20H13F3N4O3S/c21-20(22,23)11-6-2-3-7-12(11)25-14(28)9-27-13-8-4-1-5-10(13)15(18(27)30)16-17(29)26-19(24)31-16/h1-8H,9H2,(H,25,28)(H2,24,26,29). The number of nitrogens with one attached hydrogen (secondary N) is 1. The summed E-state index contributed by atoms with van der Waals surface area (Å²) in [5.41, 5.74) is 4.98. The van der Waals surface area contributed by atoms with Crippen LogP contribution in [-0.2, 0) is 20.6 Å². The van der Waals surface area contributed by atoms with Crippen LogP contribution in [0.1, 0.15) is 11.1 Å². The molecular formula is C20H13F3N4O3S. The highest BCUT2D eigenvalue weighted by Crippen LogP contribution is 2.42. The number of aliphatic imine (C=N–C) groups is 1. The molecular weight excluding hydrogens is 433 g/mol. The van der Waals surface area contributed by atoms with Gasteiger partial charge in [0, 0.05) is 5.56 Å². The van der Waals surface area contributed by atoms with Gasteiger partial charge in [-0.2, -0.15) is 18.2 Å². The molecule has 4 rings (SSSR count). The van der Waals surface area contributed by atoms with Crippen LogP contribution in [0.4, 0.5) is 24.5 Å². The SMILES string of the molecule is NC1=NC(=O)C(=C2C(=O)N(CC(=O)Nc3ccccc3C(F)(F)F)c3ccccc32)S1. The predicted octanol–water partition coefficient (Wildman–Crippen LogP) is 2.99. The Balaban J connectivity index is 1.63. The maximum Gasteiger partial charge on any atom is 0.418 e. The Morgan fingerprint density at radius 2 is 1.77 bits per heavy atom. The number of fused-ring (bicyclic) bond motifs is 1. The number of nitrogens with two attached hydrogens (primary N) is 1. The minimum Gasteiger partial charge on any atom is -0.378 e. The number of rotatable bonds is 3. The number of alkyl halides is 3. The van der Waals surface area contributed by atoms with Crippen molar-refractivity contribution in [2.45, 2.75) is 6.18 Å². The van der Waals surface area contributed by atoms with Crippen molar-refractivity contribution in [3.8, 4) is 0 Å². The minimum atomic E-state index is -4.66. The first-order valence-corrected chi connectivity index (χ1v) is 9.66. The van der Waals surface area contributed by atoms with E-state index in [1.807, 2.05) is 0 Å². The summed E-state index contributed by atoms with van der Waals surface area (Å²) in [4.78, 5) is 42.5. The first-order valence-electron chi connectivity index (χ1n) is 8.85. The van der Waals surface area contributed by atoms with Gasteiger partial charge in [0.05, 0.1) is 27.4 Å². The number of carbonyl (C=O) groups is 3. The molecule has 0 saturated heterocycles. The lowest BCUT2D eigenvalue weighted by Gasteiger charge is -2.18. The molecule has 2 aliphatic rings. The van der Waals surface area contributed by atoms with Crippen LogP contribution in [0.25, 0.3) is 5.57 Å². The fourth-order valence-electron chi connectivity index (χ4n) is 3.31. The van der Waals surface area contributed by atoms with Gasteiger partial charge in [0.1, 0.15) is 6.54 Å². The summed E-state index contributed by atoms with van der Waals surface area (Å²) >= 11 is 0.851. The quantitative estimate of drug-likeness (QED) is 0.706. The number of nitrogens with zero attached hydrogens (tertiary/aromatic N) is 2. The summed E-state index contributed by atoms with van der Waals surface area (Å²) < 4.78 is 39.5. The van der Waals surface area contributed by atoms with E-state index in [-0.39, 0.29) is 15.6 Å². The summed E-state index contributed by atoms with van der Waals surface area (Å²) in [6.45, 7) is -0.548. The third-order valence-corrected chi connectivity index (χ3v) is 5.45. The van der Waals surface area contributed by atoms with Crippen molar-refractivity contribution >= 4 is 51.6 Å². The van der Waals surface area contributed by atoms with Gasteiger partial charge in [-0.05, 0) is 30.0 Å². The van der Waals surface area contributed by atoms with Gasteiger partial charge < -0.3 is 11.1 Å². The molecule has 2 aromatic carbocycles. The topological polar surface area (TPSA) is 105 Å². The van der Waals surface area contributed by atoms with Gasteiger partial charge >= 0.3 is 6.18 Å². The lowest BCUT2D eigenvalue weighted by Crippen LogP contribution is -2.35. The predicted molar refractivity (Wildman–Crippen MR) is 110 cm³/mol. The molecule has 31 heavy (non-hydrogen) atoms. The van der Waals surface area contributed by atoms with Gasteiger partial charge in [0.15, 0.2) is 5.17 Å². The highest BCUT2D eigenvalue weighted by molar-refractivity contribution is 8.18. The third kappa shape index (κ3) is 3.79.